The molecule has 1 aromatic heterocycles. The molecule has 0 saturated carbocycles. The number of amides is 2. The minimum atomic E-state index is -4.23. The van der Waals surface area contributed by atoms with Crippen molar-refractivity contribution in [1.82, 2.24) is 9.80 Å². The van der Waals surface area contributed by atoms with Gasteiger partial charge < -0.3 is 19.1 Å². The summed E-state index contributed by atoms with van der Waals surface area (Å²) in [5, 5.41) is 11.7. The Morgan fingerprint density at radius 3 is 2.25 bits per heavy atom. The number of sulfone groups is 1. The third-order valence-corrected chi connectivity index (χ3v) is 9.02. The molecule has 13 heteroatoms. The van der Waals surface area contributed by atoms with E-state index in [4.69, 9.17) is 4.42 Å². The van der Waals surface area contributed by atoms with E-state index in [1.54, 1.807) is 12.1 Å². The highest BCUT2D eigenvalue weighted by atomic mass is 32.2. The first kappa shape index (κ1) is 27.1. The number of piperazine rings is 1. The average molecular weight is 567 g/mol. The third-order valence-electron chi connectivity index (χ3n) is 7.22. The molecule has 0 N–H and O–H groups in total. The Hall–Kier alpha value is -4.52. The van der Waals surface area contributed by atoms with Gasteiger partial charge in [-0.2, -0.15) is 0 Å². The van der Waals surface area contributed by atoms with Crippen LogP contribution in [0.2, 0.25) is 0 Å². The van der Waals surface area contributed by atoms with E-state index in [0.29, 0.717) is 11.0 Å². The Labute approximate surface area is 229 Å². The molecule has 2 aromatic carbocycles. The van der Waals surface area contributed by atoms with Crippen molar-refractivity contribution in [3.05, 3.63) is 79.0 Å². The Bertz CT molecular complexity index is 1750. The number of anilines is 1. The zero-order valence-electron chi connectivity index (χ0n) is 21.8. The number of nitrogens with zero attached hydrogens (tertiary/aromatic N) is 4. The summed E-state index contributed by atoms with van der Waals surface area (Å²) in [6, 6.07) is 10.4. The molecule has 0 atom stereocenters. The summed E-state index contributed by atoms with van der Waals surface area (Å²) in [7, 11) is -4.23. The van der Waals surface area contributed by atoms with E-state index in [2.05, 4.69) is 4.90 Å². The van der Waals surface area contributed by atoms with Crippen molar-refractivity contribution in [1.29, 1.82) is 0 Å². The van der Waals surface area contributed by atoms with E-state index in [0.717, 1.165) is 24.8 Å². The van der Waals surface area contributed by atoms with Gasteiger partial charge in [0.25, 0.3) is 17.5 Å². The highest BCUT2D eigenvalue weighted by Gasteiger charge is 2.39. The highest BCUT2D eigenvalue weighted by molar-refractivity contribution is 7.96. The summed E-state index contributed by atoms with van der Waals surface area (Å²) < 4.78 is 31.5. The Balaban J connectivity index is 1.30. The van der Waals surface area contributed by atoms with Crippen LogP contribution in [0.15, 0.2) is 61.5 Å². The van der Waals surface area contributed by atoms with Crippen molar-refractivity contribution >= 4 is 50.1 Å². The predicted octanol–water partition coefficient (Wildman–Crippen LogP) is 2.66. The van der Waals surface area contributed by atoms with Gasteiger partial charge in [-0.3, -0.25) is 19.7 Å². The molecule has 2 aliphatic rings. The van der Waals surface area contributed by atoms with E-state index in [1.807, 2.05) is 19.9 Å². The van der Waals surface area contributed by atoms with Gasteiger partial charge in [0.15, 0.2) is 0 Å². The molecule has 0 bridgehead atoms. The molecule has 2 aliphatic heterocycles. The SMILES string of the molecule is CCN(CC)c1ccc2cc(C(=O)N3CCN(C(=O)C4=Cc5ccc([N+](=O)[O-])cc5S4(=O)=O)CC3)c(=O)oc2c1. The first-order chi connectivity index (χ1) is 19.0. The summed E-state index contributed by atoms with van der Waals surface area (Å²) in [6.45, 7) is 5.86. The zero-order chi connectivity index (χ0) is 28.8. The fourth-order valence-corrected chi connectivity index (χ4v) is 6.57. The average Bonchev–Trinajstić information content (AvgIpc) is 3.22. The molecule has 1 fully saturated rings. The molecule has 1 saturated heterocycles. The lowest BCUT2D eigenvalue weighted by molar-refractivity contribution is -0.385. The van der Waals surface area contributed by atoms with Crippen LogP contribution in [-0.2, 0) is 14.6 Å². The Kier molecular flexibility index (Phi) is 6.92. The molecule has 3 heterocycles. The van der Waals surface area contributed by atoms with Crippen molar-refractivity contribution in [2.45, 2.75) is 18.7 Å². The van der Waals surface area contributed by atoms with Crippen LogP contribution < -0.4 is 10.5 Å². The number of carbonyl (C=O) groups is 2. The second-order valence-corrected chi connectivity index (χ2v) is 11.3. The minimum Gasteiger partial charge on any atom is -0.422 e. The summed E-state index contributed by atoms with van der Waals surface area (Å²) in [6.07, 6.45) is 1.21. The number of hydrogen-bond acceptors (Lipinski definition) is 9. The van der Waals surface area contributed by atoms with Crippen molar-refractivity contribution in [2.75, 3.05) is 44.2 Å². The molecule has 0 unspecified atom stereocenters. The summed E-state index contributed by atoms with van der Waals surface area (Å²) in [5.74, 6) is -1.29. The van der Waals surface area contributed by atoms with Crippen molar-refractivity contribution in [2.24, 2.45) is 0 Å². The third kappa shape index (κ3) is 4.62. The lowest BCUT2D eigenvalue weighted by Crippen LogP contribution is -2.51. The summed E-state index contributed by atoms with van der Waals surface area (Å²) in [4.78, 5) is 53.5. The second kappa shape index (κ2) is 10.2. The van der Waals surface area contributed by atoms with Crippen LogP contribution >= 0.6 is 0 Å². The van der Waals surface area contributed by atoms with Gasteiger partial charge in [0.1, 0.15) is 16.1 Å². The fourth-order valence-electron chi connectivity index (χ4n) is 4.98. The van der Waals surface area contributed by atoms with Gasteiger partial charge in [0.2, 0.25) is 9.84 Å². The maximum absolute atomic E-state index is 13.2. The number of benzene rings is 2. The van der Waals surface area contributed by atoms with Crippen LogP contribution in [0.3, 0.4) is 0 Å². The van der Waals surface area contributed by atoms with Gasteiger partial charge in [-0.05, 0) is 49.8 Å². The van der Waals surface area contributed by atoms with Gasteiger partial charge in [0, 0.05) is 68.5 Å². The summed E-state index contributed by atoms with van der Waals surface area (Å²) in [5.41, 5.74) is 0.205. The van der Waals surface area contributed by atoms with Crippen LogP contribution in [-0.4, -0.2) is 74.2 Å². The zero-order valence-corrected chi connectivity index (χ0v) is 22.6. The Morgan fingerprint density at radius 2 is 1.62 bits per heavy atom. The maximum Gasteiger partial charge on any atom is 0.349 e. The van der Waals surface area contributed by atoms with E-state index < -0.39 is 37.1 Å². The topological polar surface area (TPSA) is 151 Å². The van der Waals surface area contributed by atoms with Crippen LogP contribution in [0.25, 0.3) is 17.0 Å². The second-order valence-electron chi connectivity index (χ2n) is 9.42. The standard InChI is InChI=1S/C27H26N4O8S/c1-3-28(4-2)19-7-5-17-13-21(27(34)39-22(17)15-19)25(32)29-9-11-30(12-10-29)26(33)24-14-18-6-8-20(31(35)36)16-23(18)40(24,37)38/h5-8,13-16H,3-4,9-12H2,1-2H3. The first-order valence-electron chi connectivity index (χ1n) is 12.7. The van der Waals surface area contributed by atoms with E-state index in [-0.39, 0.29) is 47.9 Å². The lowest BCUT2D eigenvalue weighted by Gasteiger charge is -2.34. The predicted molar refractivity (Wildman–Crippen MR) is 147 cm³/mol. The number of fused-ring (bicyclic) bond motifs is 2. The van der Waals surface area contributed by atoms with Crippen molar-refractivity contribution < 1.29 is 27.3 Å². The molecule has 12 nitrogen and oxygen atoms in total. The molecular weight excluding hydrogens is 540 g/mol. The van der Waals surface area contributed by atoms with Crippen LogP contribution in [0.5, 0.6) is 0 Å². The van der Waals surface area contributed by atoms with Crippen molar-refractivity contribution in [3.63, 3.8) is 0 Å². The maximum atomic E-state index is 13.2. The fraction of sp³-hybridized carbons (Fsp3) is 0.296. The quantitative estimate of drug-likeness (QED) is 0.249. The molecule has 5 rings (SSSR count). The molecule has 3 aromatic rings. The van der Waals surface area contributed by atoms with Crippen LogP contribution in [0, 0.1) is 10.1 Å². The first-order valence-corrected chi connectivity index (χ1v) is 14.2. The lowest BCUT2D eigenvalue weighted by atomic mass is 10.1. The van der Waals surface area contributed by atoms with Gasteiger partial charge in [-0.25, -0.2) is 13.2 Å². The molecule has 208 valence electrons. The van der Waals surface area contributed by atoms with E-state index in [9.17, 15) is 32.9 Å². The normalized spacial score (nSPS) is 16.0. The Morgan fingerprint density at radius 1 is 0.975 bits per heavy atom. The van der Waals surface area contributed by atoms with E-state index in [1.165, 1.54) is 34.1 Å². The molecular formula is C27H26N4O8S. The molecule has 0 aliphatic carbocycles. The molecule has 40 heavy (non-hydrogen) atoms. The van der Waals surface area contributed by atoms with Gasteiger partial charge >= 0.3 is 5.63 Å². The largest absolute Gasteiger partial charge is 0.422 e. The van der Waals surface area contributed by atoms with Crippen molar-refractivity contribution in [3.8, 4) is 0 Å². The number of nitro benzene ring substituents is 1. The number of carbonyl (C=O) groups excluding carboxylic acids is 2. The molecule has 0 radical (unpaired) electrons. The molecule has 2 amide bonds. The van der Waals surface area contributed by atoms with E-state index >= 15 is 0 Å². The number of nitro groups is 1. The summed E-state index contributed by atoms with van der Waals surface area (Å²) >= 11 is 0. The smallest absolute Gasteiger partial charge is 0.349 e. The number of hydrogen-bond donors (Lipinski definition) is 0. The van der Waals surface area contributed by atoms with Crippen LogP contribution in [0.4, 0.5) is 11.4 Å². The van der Waals surface area contributed by atoms with Crippen LogP contribution in [0.1, 0.15) is 29.8 Å². The number of non-ortho nitro benzene ring substituents is 1. The van der Waals surface area contributed by atoms with Gasteiger partial charge in [-0.1, -0.05) is 0 Å². The van der Waals surface area contributed by atoms with Gasteiger partial charge in [-0.15, -0.1) is 0 Å². The molecule has 0 spiro atoms. The minimum absolute atomic E-state index is 0.0417. The monoisotopic (exact) mass is 566 g/mol. The highest BCUT2D eigenvalue weighted by Crippen LogP contribution is 2.36. The number of rotatable bonds is 6. The van der Waals surface area contributed by atoms with Gasteiger partial charge in [0.05, 0.1) is 9.82 Å².